The molecule has 0 aromatic heterocycles. The molecule has 1 aliphatic rings. The highest BCUT2D eigenvalue weighted by Gasteiger charge is 2.30. The van der Waals surface area contributed by atoms with Crippen LogP contribution in [0.1, 0.15) is 11.6 Å². The van der Waals surface area contributed by atoms with Gasteiger partial charge in [-0.2, -0.15) is 0 Å². The van der Waals surface area contributed by atoms with Gasteiger partial charge in [0.25, 0.3) is 0 Å². The van der Waals surface area contributed by atoms with Crippen molar-refractivity contribution in [3.63, 3.8) is 0 Å². The van der Waals surface area contributed by atoms with E-state index in [4.69, 9.17) is 17.3 Å². The van der Waals surface area contributed by atoms with Crippen LogP contribution in [0.15, 0.2) is 47.5 Å². The van der Waals surface area contributed by atoms with Gasteiger partial charge in [0.05, 0.1) is 12.6 Å². The van der Waals surface area contributed by atoms with Gasteiger partial charge in [-0.1, -0.05) is 17.7 Å². The van der Waals surface area contributed by atoms with Crippen LogP contribution in [0.2, 0.25) is 5.02 Å². The van der Waals surface area contributed by atoms with Crippen LogP contribution in [0, 0.1) is 11.6 Å². The fraction of sp³-hybridized carbons (Fsp3) is 0.133. The number of rotatable bonds is 2. The van der Waals surface area contributed by atoms with Gasteiger partial charge in [0.2, 0.25) is 0 Å². The largest absolute Gasteiger partial charge is 0.369 e. The van der Waals surface area contributed by atoms with Gasteiger partial charge in [0, 0.05) is 22.3 Å². The Balaban J connectivity index is 2.00. The average Bonchev–Trinajstić information content (AvgIpc) is 2.82. The summed E-state index contributed by atoms with van der Waals surface area (Å²) in [5, 5.41) is 0.595. The average molecular weight is 308 g/mol. The number of benzene rings is 2. The quantitative estimate of drug-likeness (QED) is 0.922. The lowest BCUT2D eigenvalue weighted by molar-refractivity contribution is 0.560. The molecule has 0 amide bonds. The molecule has 3 rings (SSSR count). The molecule has 1 atom stereocenters. The Labute approximate surface area is 125 Å². The Morgan fingerprint density at radius 2 is 1.86 bits per heavy atom. The van der Waals surface area contributed by atoms with Crippen LogP contribution in [0.5, 0.6) is 0 Å². The van der Waals surface area contributed by atoms with Crippen molar-refractivity contribution in [2.75, 3.05) is 11.4 Å². The van der Waals surface area contributed by atoms with Crippen LogP contribution in [0.25, 0.3) is 0 Å². The van der Waals surface area contributed by atoms with E-state index < -0.39 is 17.7 Å². The zero-order chi connectivity index (χ0) is 15.0. The van der Waals surface area contributed by atoms with Crippen molar-refractivity contribution in [1.82, 2.24) is 0 Å². The molecule has 2 aromatic rings. The van der Waals surface area contributed by atoms with E-state index >= 15 is 0 Å². The van der Waals surface area contributed by atoms with E-state index in [0.29, 0.717) is 23.1 Å². The number of guanidine groups is 1. The molecule has 0 saturated heterocycles. The van der Waals surface area contributed by atoms with Crippen LogP contribution >= 0.6 is 11.6 Å². The first-order chi connectivity index (χ1) is 10.1. The van der Waals surface area contributed by atoms with Crippen molar-refractivity contribution < 1.29 is 8.78 Å². The maximum atomic E-state index is 14.0. The fourth-order valence-corrected chi connectivity index (χ4v) is 2.55. The van der Waals surface area contributed by atoms with Crippen LogP contribution in [0.4, 0.5) is 14.5 Å². The van der Waals surface area contributed by atoms with Gasteiger partial charge in [-0.3, -0.25) is 4.99 Å². The summed E-state index contributed by atoms with van der Waals surface area (Å²) in [7, 11) is 0. The highest BCUT2D eigenvalue weighted by atomic mass is 35.5. The Bertz CT molecular complexity index is 701. The number of halogens is 3. The van der Waals surface area contributed by atoms with Gasteiger partial charge in [-0.05, 0) is 30.3 Å². The molecule has 1 unspecified atom stereocenters. The zero-order valence-corrected chi connectivity index (χ0v) is 11.7. The van der Waals surface area contributed by atoms with Gasteiger partial charge in [-0.15, -0.1) is 0 Å². The first-order valence-electron chi connectivity index (χ1n) is 6.36. The summed E-state index contributed by atoms with van der Waals surface area (Å²) in [6, 6.07) is 10.1. The molecule has 0 saturated carbocycles. The summed E-state index contributed by atoms with van der Waals surface area (Å²) in [5.41, 5.74) is 7.02. The molecule has 0 aliphatic carbocycles. The van der Waals surface area contributed by atoms with E-state index in [-0.39, 0.29) is 0 Å². The second-order valence-corrected chi connectivity index (χ2v) is 5.16. The number of nitrogens with zero attached hydrogens (tertiary/aromatic N) is 2. The van der Waals surface area contributed by atoms with Gasteiger partial charge >= 0.3 is 0 Å². The summed E-state index contributed by atoms with van der Waals surface area (Å²) in [5.74, 6) is -0.920. The van der Waals surface area contributed by atoms with Gasteiger partial charge in [-0.25, -0.2) is 8.78 Å². The van der Waals surface area contributed by atoms with E-state index in [1.165, 1.54) is 12.1 Å². The van der Waals surface area contributed by atoms with Crippen molar-refractivity contribution in [2.45, 2.75) is 6.04 Å². The standard InChI is InChI=1S/C15H12ClF2N3/c16-9-1-4-11(5-2-9)21-14(8-20-15(21)19)12-6-3-10(17)7-13(12)18/h1-7,14H,8H2,(H2,19,20). The van der Waals surface area contributed by atoms with Crippen molar-refractivity contribution in [3.8, 4) is 0 Å². The van der Waals surface area contributed by atoms with E-state index in [0.717, 1.165) is 11.8 Å². The van der Waals surface area contributed by atoms with Crippen molar-refractivity contribution in [3.05, 3.63) is 64.7 Å². The minimum Gasteiger partial charge on any atom is -0.369 e. The molecule has 1 heterocycles. The van der Waals surface area contributed by atoms with Gasteiger partial charge < -0.3 is 10.6 Å². The maximum Gasteiger partial charge on any atom is 0.196 e. The van der Waals surface area contributed by atoms with Crippen LogP contribution in [-0.4, -0.2) is 12.5 Å². The third-order valence-corrected chi connectivity index (χ3v) is 3.66. The Morgan fingerprint density at radius 3 is 2.52 bits per heavy atom. The van der Waals surface area contributed by atoms with E-state index in [9.17, 15) is 8.78 Å². The van der Waals surface area contributed by atoms with Crippen molar-refractivity contribution >= 4 is 23.2 Å². The Hall–Kier alpha value is -2.14. The molecule has 0 spiro atoms. The smallest absolute Gasteiger partial charge is 0.196 e. The van der Waals surface area contributed by atoms with Crippen LogP contribution in [-0.2, 0) is 0 Å². The van der Waals surface area contributed by atoms with E-state index in [2.05, 4.69) is 4.99 Å². The maximum absolute atomic E-state index is 14.0. The third kappa shape index (κ3) is 2.56. The summed E-state index contributed by atoms with van der Waals surface area (Å²) in [6.07, 6.45) is 0. The lowest BCUT2D eigenvalue weighted by Crippen LogP contribution is -2.36. The minimum atomic E-state index is -0.610. The lowest BCUT2D eigenvalue weighted by atomic mass is 10.0. The minimum absolute atomic E-state index is 0.297. The molecule has 3 nitrogen and oxygen atoms in total. The second kappa shape index (κ2) is 5.33. The number of nitrogens with two attached hydrogens (primary N) is 1. The molecule has 2 N–H and O–H groups in total. The van der Waals surface area contributed by atoms with Crippen LogP contribution in [0.3, 0.4) is 0 Å². The molecule has 0 bridgehead atoms. The molecular formula is C15H12ClF2N3. The summed E-state index contributed by atoms with van der Waals surface area (Å²) in [4.78, 5) is 5.88. The SMILES string of the molecule is NC1=NCC(c2ccc(F)cc2F)N1c1ccc(Cl)cc1. The molecular weight excluding hydrogens is 296 g/mol. The zero-order valence-electron chi connectivity index (χ0n) is 10.9. The number of hydrogen-bond acceptors (Lipinski definition) is 3. The lowest BCUT2D eigenvalue weighted by Gasteiger charge is -2.27. The molecule has 6 heteroatoms. The van der Waals surface area contributed by atoms with Crippen LogP contribution < -0.4 is 10.6 Å². The molecule has 2 aromatic carbocycles. The van der Waals surface area contributed by atoms with E-state index in [1.54, 1.807) is 29.2 Å². The Morgan fingerprint density at radius 1 is 1.14 bits per heavy atom. The van der Waals surface area contributed by atoms with Crippen molar-refractivity contribution in [2.24, 2.45) is 10.7 Å². The van der Waals surface area contributed by atoms with E-state index in [1.807, 2.05) is 0 Å². The molecule has 108 valence electrons. The predicted molar refractivity (Wildman–Crippen MR) is 79.5 cm³/mol. The van der Waals surface area contributed by atoms with Crippen molar-refractivity contribution in [1.29, 1.82) is 0 Å². The summed E-state index contributed by atoms with van der Waals surface area (Å²) in [6.45, 7) is 0.316. The predicted octanol–water partition coefficient (Wildman–Crippen LogP) is 3.49. The summed E-state index contributed by atoms with van der Waals surface area (Å²) >= 11 is 5.87. The second-order valence-electron chi connectivity index (χ2n) is 4.73. The molecule has 21 heavy (non-hydrogen) atoms. The topological polar surface area (TPSA) is 41.6 Å². The molecule has 0 radical (unpaired) electrons. The van der Waals surface area contributed by atoms with Gasteiger partial charge in [0.15, 0.2) is 5.96 Å². The first kappa shape index (κ1) is 13.8. The first-order valence-corrected chi connectivity index (χ1v) is 6.74. The highest BCUT2D eigenvalue weighted by Crippen LogP contribution is 2.33. The summed E-state index contributed by atoms with van der Waals surface area (Å²) < 4.78 is 27.1. The number of hydrogen-bond donors (Lipinski definition) is 1. The Kier molecular flexibility index (Phi) is 3.51. The monoisotopic (exact) mass is 307 g/mol. The van der Waals surface area contributed by atoms with Gasteiger partial charge in [0.1, 0.15) is 11.6 Å². The fourth-order valence-electron chi connectivity index (χ4n) is 2.42. The molecule has 0 fully saturated rings. The normalized spacial score (nSPS) is 18.0. The molecule has 1 aliphatic heterocycles. The highest BCUT2D eigenvalue weighted by molar-refractivity contribution is 6.30. The number of anilines is 1. The number of aliphatic imine (C=N–C) groups is 1. The third-order valence-electron chi connectivity index (χ3n) is 3.41.